The molecular weight excluding hydrogens is 725 g/mol. The summed E-state index contributed by atoms with van der Waals surface area (Å²) in [4.78, 5) is 29.5. The van der Waals surface area contributed by atoms with E-state index in [1.54, 1.807) is 18.1 Å². The molecule has 0 radical (unpaired) electrons. The SMILES string of the molecule is CN(CCCNC[C@H](O)[C@@H](O)[C@H](O)[C@H](O)C(=O)O)C(=O)CCCCc1cc(Cl)c(COC2(c3cnccc3-c3ccccc3OC3CC3)CC2)cc1Cl. The summed E-state index contributed by atoms with van der Waals surface area (Å²) in [5.41, 5.74) is 4.38. The maximum Gasteiger partial charge on any atom is 0.335 e. The zero-order chi connectivity index (χ0) is 38.1. The van der Waals surface area contributed by atoms with Gasteiger partial charge in [0.2, 0.25) is 5.91 Å². The molecule has 4 atom stereocenters. The molecule has 53 heavy (non-hydrogen) atoms. The summed E-state index contributed by atoms with van der Waals surface area (Å²) in [6.07, 6.45) is 3.30. The van der Waals surface area contributed by atoms with E-state index in [4.69, 9.17) is 37.8 Å². The number of hydrogen-bond acceptors (Lipinski definition) is 10. The first-order valence-electron chi connectivity index (χ1n) is 18.1. The fourth-order valence-corrected chi connectivity index (χ4v) is 6.70. The predicted molar refractivity (Wildman–Crippen MR) is 200 cm³/mol. The lowest BCUT2D eigenvalue weighted by molar-refractivity contribution is -0.162. The molecule has 14 heteroatoms. The second-order valence-electron chi connectivity index (χ2n) is 14.0. The van der Waals surface area contributed by atoms with Crippen LogP contribution in [0.3, 0.4) is 0 Å². The van der Waals surface area contributed by atoms with Gasteiger partial charge in [0.1, 0.15) is 18.0 Å². The first kappa shape index (κ1) is 40.8. The van der Waals surface area contributed by atoms with Crippen LogP contribution in [0.15, 0.2) is 54.9 Å². The second kappa shape index (κ2) is 18.8. The van der Waals surface area contributed by atoms with E-state index in [9.17, 15) is 30.0 Å². The number of nitrogens with one attached hydrogen (secondary N) is 1. The number of benzene rings is 2. The van der Waals surface area contributed by atoms with Crippen molar-refractivity contribution in [2.24, 2.45) is 0 Å². The van der Waals surface area contributed by atoms with E-state index in [1.165, 1.54) is 0 Å². The molecule has 6 N–H and O–H groups in total. The molecule has 2 aliphatic carbocycles. The van der Waals surface area contributed by atoms with Crippen LogP contribution in [0.1, 0.15) is 68.1 Å². The molecule has 5 rings (SSSR count). The maximum atomic E-state index is 12.7. The van der Waals surface area contributed by atoms with Crippen molar-refractivity contribution in [2.75, 3.05) is 26.7 Å². The number of aliphatic hydroxyl groups excluding tert-OH is 4. The number of ether oxygens (including phenoxy) is 2. The molecule has 0 saturated heterocycles. The number of unbranched alkanes of at least 4 members (excludes halogenated alkanes) is 1. The largest absolute Gasteiger partial charge is 0.490 e. The van der Waals surface area contributed by atoms with Gasteiger partial charge in [-0.3, -0.25) is 9.78 Å². The Morgan fingerprint density at radius 2 is 1.70 bits per heavy atom. The van der Waals surface area contributed by atoms with Crippen molar-refractivity contribution in [2.45, 2.75) is 101 Å². The molecule has 0 spiro atoms. The summed E-state index contributed by atoms with van der Waals surface area (Å²) in [6, 6.07) is 13.9. The summed E-state index contributed by atoms with van der Waals surface area (Å²) >= 11 is 13.5. The van der Waals surface area contributed by atoms with Crippen LogP contribution in [0, 0.1) is 0 Å². The van der Waals surface area contributed by atoms with E-state index < -0.39 is 36.0 Å². The van der Waals surface area contributed by atoms with Crippen LogP contribution in [0.2, 0.25) is 10.0 Å². The number of aliphatic carboxylic acids is 1. The van der Waals surface area contributed by atoms with Gasteiger partial charge in [-0.25, -0.2) is 4.79 Å². The van der Waals surface area contributed by atoms with Gasteiger partial charge in [-0.15, -0.1) is 0 Å². The first-order valence-corrected chi connectivity index (χ1v) is 18.9. The van der Waals surface area contributed by atoms with E-state index >= 15 is 0 Å². The Hall–Kier alpha value is -3.33. The molecule has 0 unspecified atom stereocenters. The lowest BCUT2D eigenvalue weighted by Crippen LogP contribution is -2.50. The van der Waals surface area contributed by atoms with Gasteiger partial charge in [0.15, 0.2) is 6.10 Å². The molecule has 1 aromatic heterocycles. The molecule has 0 aliphatic heterocycles. The average Bonchev–Trinajstić information content (AvgIpc) is 4.10. The highest BCUT2D eigenvalue weighted by atomic mass is 35.5. The third kappa shape index (κ3) is 11.1. The topological polar surface area (TPSA) is 182 Å². The molecule has 12 nitrogen and oxygen atoms in total. The minimum absolute atomic E-state index is 0.00688. The third-order valence-corrected chi connectivity index (χ3v) is 10.5. The number of carbonyl (C=O) groups excluding carboxylic acids is 1. The number of carbonyl (C=O) groups is 2. The highest BCUT2D eigenvalue weighted by Crippen LogP contribution is 2.53. The molecule has 0 bridgehead atoms. The monoisotopic (exact) mass is 773 g/mol. The predicted octanol–water partition coefficient (Wildman–Crippen LogP) is 4.48. The van der Waals surface area contributed by atoms with Crippen LogP contribution in [0.4, 0.5) is 0 Å². The summed E-state index contributed by atoms with van der Waals surface area (Å²) in [7, 11) is 1.71. The lowest BCUT2D eigenvalue weighted by Gasteiger charge is -2.25. The number of aryl methyl sites for hydroxylation is 1. The van der Waals surface area contributed by atoms with E-state index in [2.05, 4.69) is 16.4 Å². The number of aliphatic hydroxyl groups is 4. The Morgan fingerprint density at radius 3 is 2.42 bits per heavy atom. The van der Waals surface area contributed by atoms with E-state index in [0.29, 0.717) is 55.4 Å². The number of aromatic nitrogens is 1. The van der Waals surface area contributed by atoms with Crippen molar-refractivity contribution in [3.05, 3.63) is 81.6 Å². The molecule has 1 heterocycles. The van der Waals surface area contributed by atoms with Crippen molar-refractivity contribution in [1.29, 1.82) is 0 Å². The molecular formula is C39H49Cl2N3O9. The second-order valence-corrected chi connectivity index (χ2v) is 14.8. The quantitative estimate of drug-likeness (QED) is 0.0793. The van der Waals surface area contributed by atoms with Crippen LogP contribution in [-0.4, -0.2) is 104 Å². The van der Waals surface area contributed by atoms with Crippen LogP contribution < -0.4 is 10.1 Å². The molecule has 288 valence electrons. The van der Waals surface area contributed by atoms with Gasteiger partial charge in [-0.05, 0) is 98.9 Å². The molecule has 2 saturated carbocycles. The summed E-state index contributed by atoms with van der Waals surface area (Å²) < 4.78 is 12.8. The number of halogens is 2. The number of rotatable bonds is 22. The Labute approximate surface area is 319 Å². The van der Waals surface area contributed by atoms with Crippen molar-refractivity contribution in [3.63, 3.8) is 0 Å². The molecule has 2 aliphatic rings. The maximum absolute atomic E-state index is 12.7. The van der Waals surface area contributed by atoms with Crippen LogP contribution in [0.5, 0.6) is 5.75 Å². The van der Waals surface area contributed by atoms with Gasteiger partial charge in [0, 0.05) is 60.1 Å². The van der Waals surface area contributed by atoms with Crippen molar-refractivity contribution in [3.8, 4) is 16.9 Å². The summed E-state index contributed by atoms with van der Waals surface area (Å²) in [5.74, 6) is -0.836. The van der Waals surface area contributed by atoms with Gasteiger partial charge >= 0.3 is 5.97 Å². The number of pyridine rings is 1. The zero-order valence-corrected chi connectivity index (χ0v) is 31.3. The molecule has 3 aromatic rings. The Balaban J connectivity index is 1.04. The number of carboxylic acids is 1. The Morgan fingerprint density at radius 1 is 0.981 bits per heavy atom. The van der Waals surface area contributed by atoms with Crippen LogP contribution in [0.25, 0.3) is 11.1 Å². The van der Waals surface area contributed by atoms with Crippen molar-refractivity contribution >= 4 is 35.1 Å². The fourth-order valence-electron chi connectivity index (χ4n) is 6.18. The lowest BCUT2D eigenvalue weighted by atomic mass is 9.96. The summed E-state index contributed by atoms with van der Waals surface area (Å²) in [6.45, 7) is 1.02. The van der Waals surface area contributed by atoms with Gasteiger partial charge in [0.25, 0.3) is 0 Å². The Bertz CT molecular complexity index is 1700. The van der Waals surface area contributed by atoms with E-state index in [-0.39, 0.29) is 18.6 Å². The van der Waals surface area contributed by atoms with Crippen LogP contribution >= 0.6 is 23.2 Å². The number of nitrogens with zero attached hydrogens (tertiary/aromatic N) is 2. The first-order chi connectivity index (χ1) is 25.4. The molecule has 1 amide bonds. The van der Waals surface area contributed by atoms with Gasteiger partial charge < -0.3 is 45.2 Å². The normalized spacial score (nSPS) is 17.1. The van der Waals surface area contributed by atoms with Crippen LogP contribution in [-0.2, 0) is 33.0 Å². The smallest absolute Gasteiger partial charge is 0.335 e. The van der Waals surface area contributed by atoms with E-state index in [1.807, 2.05) is 42.6 Å². The fraction of sp³-hybridized carbons (Fsp3) is 0.513. The van der Waals surface area contributed by atoms with Gasteiger partial charge in [0.05, 0.1) is 24.4 Å². The van der Waals surface area contributed by atoms with Crippen molar-refractivity contribution in [1.82, 2.24) is 15.2 Å². The average molecular weight is 775 g/mol. The number of amides is 1. The minimum Gasteiger partial charge on any atom is -0.490 e. The zero-order valence-electron chi connectivity index (χ0n) is 29.8. The van der Waals surface area contributed by atoms with E-state index in [0.717, 1.165) is 65.7 Å². The number of carboxylic acid groups (broad SMARTS) is 1. The minimum atomic E-state index is -2.21. The number of hydrogen-bond donors (Lipinski definition) is 6. The van der Waals surface area contributed by atoms with Gasteiger partial charge in [-0.2, -0.15) is 0 Å². The van der Waals surface area contributed by atoms with Crippen molar-refractivity contribution < 1.29 is 44.6 Å². The van der Waals surface area contributed by atoms with Gasteiger partial charge in [-0.1, -0.05) is 41.4 Å². The standard InChI is InChI=1S/C39H49Cl2N3O9/c1-44(18-6-16-42-22-32(45)35(47)36(48)37(49)38(50)51)34(46)10-5-2-7-24-19-31(41)25(20-30(24)40)23-52-39(14-15-39)29-21-43-17-13-27(29)28-8-3-4-9-33(28)53-26-11-12-26/h3-4,8-9,13,17,19-21,26,32,35-37,42,45,47-49H,2,5-7,10-12,14-16,18,22-23H2,1H3,(H,50,51)/t32-,35+,36-,37-/m0/s1. The summed E-state index contributed by atoms with van der Waals surface area (Å²) in [5, 5.41) is 51.6. The third-order valence-electron chi connectivity index (χ3n) is 9.76. The molecule has 2 aromatic carbocycles. The number of para-hydroxylation sites is 1. The highest BCUT2D eigenvalue weighted by Gasteiger charge is 2.48. The highest BCUT2D eigenvalue weighted by molar-refractivity contribution is 6.34. The Kier molecular flexibility index (Phi) is 14.5. The molecule has 2 fully saturated rings.